The highest BCUT2D eigenvalue weighted by Gasteiger charge is 2.41. The number of nitrogens with zero attached hydrogens (tertiary/aromatic N) is 2. The molecule has 5 rings (SSSR count). The van der Waals surface area contributed by atoms with Gasteiger partial charge in [0.2, 0.25) is 0 Å². The standard InChI is InChI=1S/C24H17ClF3N3O2/c1-13-2-5-15(12-19(13)25)29-23(32)14-3-6-16(7-4-14)31-21-17-10-11-33-20(17)9-8-18(21)22(30-31)24(26,27)28/h2-7,10-12H,8-9H2,1H3,(H,29,32). The van der Waals surface area contributed by atoms with Crippen molar-refractivity contribution in [2.45, 2.75) is 25.9 Å². The van der Waals surface area contributed by atoms with Crippen molar-refractivity contribution >= 4 is 23.2 Å². The van der Waals surface area contributed by atoms with Crippen LogP contribution < -0.4 is 5.32 Å². The Balaban J connectivity index is 1.49. The van der Waals surface area contributed by atoms with Crippen LogP contribution in [0.4, 0.5) is 18.9 Å². The van der Waals surface area contributed by atoms with Gasteiger partial charge in [-0.05, 0) is 61.4 Å². The van der Waals surface area contributed by atoms with Crippen LogP contribution in [0.5, 0.6) is 0 Å². The van der Waals surface area contributed by atoms with Gasteiger partial charge < -0.3 is 9.73 Å². The molecule has 1 N–H and O–H groups in total. The molecule has 4 aromatic rings. The van der Waals surface area contributed by atoms with Crippen LogP contribution in [0.25, 0.3) is 16.9 Å². The monoisotopic (exact) mass is 471 g/mol. The number of anilines is 1. The first-order chi connectivity index (χ1) is 15.7. The van der Waals surface area contributed by atoms with E-state index in [1.54, 1.807) is 48.5 Å². The number of furan rings is 1. The fraction of sp³-hybridized carbons (Fsp3) is 0.167. The van der Waals surface area contributed by atoms with Crippen LogP contribution in [0.2, 0.25) is 5.02 Å². The molecular weight excluding hydrogens is 455 g/mol. The maximum atomic E-state index is 13.7. The number of alkyl halides is 3. The van der Waals surface area contributed by atoms with Crippen molar-refractivity contribution in [2.75, 3.05) is 5.32 Å². The highest BCUT2D eigenvalue weighted by atomic mass is 35.5. The highest BCUT2D eigenvalue weighted by Crippen LogP contribution is 2.42. The Morgan fingerprint density at radius 2 is 1.88 bits per heavy atom. The van der Waals surface area contributed by atoms with Gasteiger partial charge in [-0.15, -0.1) is 0 Å². The fourth-order valence-corrected chi connectivity index (χ4v) is 4.17. The molecule has 33 heavy (non-hydrogen) atoms. The Kier molecular flexibility index (Phi) is 5.05. The van der Waals surface area contributed by atoms with Gasteiger partial charge in [0.15, 0.2) is 5.69 Å². The van der Waals surface area contributed by atoms with E-state index in [1.165, 1.54) is 10.9 Å². The minimum Gasteiger partial charge on any atom is -0.469 e. The topological polar surface area (TPSA) is 60.1 Å². The summed E-state index contributed by atoms with van der Waals surface area (Å²) >= 11 is 6.10. The molecule has 1 aliphatic carbocycles. The van der Waals surface area contributed by atoms with Crippen molar-refractivity contribution in [3.63, 3.8) is 0 Å². The van der Waals surface area contributed by atoms with Gasteiger partial charge in [-0.3, -0.25) is 4.79 Å². The largest absolute Gasteiger partial charge is 0.469 e. The summed E-state index contributed by atoms with van der Waals surface area (Å²) in [6, 6.07) is 13.1. The molecule has 1 aliphatic rings. The van der Waals surface area contributed by atoms with Gasteiger partial charge in [0, 0.05) is 33.8 Å². The molecule has 5 nitrogen and oxygen atoms in total. The quantitative estimate of drug-likeness (QED) is 0.373. The van der Waals surface area contributed by atoms with Crippen LogP contribution in [0, 0.1) is 6.92 Å². The third kappa shape index (κ3) is 3.80. The first-order valence-electron chi connectivity index (χ1n) is 10.2. The lowest BCUT2D eigenvalue weighted by Gasteiger charge is -2.15. The Bertz CT molecular complexity index is 1370. The summed E-state index contributed by atoms with van der Waals surface area (Å²) in [5.74, 6) is 0.266. The second-order valence-electron chi connectivity index (χ2n) is 7.81. The second kappa shape index (κ2) is 7.81. The molecule has 1 amide bonds. The SMILES string of the molecule is Cc1ccc(NC(=O)c2ccc(-n3nc(C(F)(F)F)c4c3-c3ccoc3CC4)cc2)cc1Cl. The molecule has 0 unspecified atom stereocenters. The molecule has 2 aromatic heterocycles. The maximum Gasteiger partial charge on any atom is 0.435 e. The molecule has 0 bridgehead atoms. The second-order valence-corrected chi connectivity index (χ2v) is 8.21. The number of aromatic nitrogens is 2. The summed E-state index contributed by atoms with van der Waals surface area (Å²) in [6.07, 6.45) is -2.54. The number of halogens is 4. The number of carbonyl (C=O) groups is 1. The van der Waals surface area contributed by atoms with E-state index in [9.17, 15) is 18.0 Å². The molecule has 0 saturated heterocycles. The van der Waals surface area contributed by atoms with E-state index in [0.717, 1.165) is 5.56 Å². The van der Waals surface area contributed by atoms with Crippen molar-refractivity contribution in [3.8, 4) is 16.9 Å². The number of hydrogen-bond donors (Lipinski definition) is 1. The minimum absolute atomic E-state index is 0.148. The molecule has 2 aromatic carbocycles. The van der Waals surface area contributed by atoms with Crippen LogP contribution in [-0.4, -0.2) is 15.7 Å². The van der Waals surface area contributed by atoms with E-state index < -0.39 is 11.9 Å². The zero-order chi connectivity index (χ0) is 23.3. The zero-order valence-corrected chi connectivity index (χ0v) is 18.1. The number of rotatable bonds is 3. The summed E-state index contributed by atoms with van der Waals surface area (Å²) in [6.45, 7) is 1.86. The Hall–Kier alpha value is -3.52. The molecule has 0 fully saturated rings. The average Bonchev–Trinajstić information content (AvgIpc) is 3.40. The van der Waals surface area contributed by atoms with E-state index in [-0.39, 0.29) is 17.9 Å². The molecule has 0 spiro atoms. The summed E-state index contributed by atoms with van der Waals surface area (Å²) in [5.41, 5.74) is 2.39. The van der Waals surface area contributed by atoms with Gasteiger partial charge in [0.05, 0.1) is 17.6 Å². The maximum absolute atomic E-state index is 13.7. The van der Waals surface area contributed by atoms with Gasteiger partial charge >= 0.3 is 6.18 Å². The van der Waals surface area contributed by atoms with Crippen LogP contribution in [-0.2, 0) is 19.0 Å². The van der Waals surface area contributed by atoms with Gasteiger partial charge in [-0.25, -0.2) is 4.68 Å². The highest BCUT2D eigenvalue weighted by molar-refractivity contribution is 6.31. The van der Waals surface area contributed by atoms with Crippen molar-refractivity contribution < 1.29 is 22.4 Å². The van der Waals surface area contributed by atoms with Gasteiger partial charge in [0.25, 0.3) is 5.91 Å². The number of carbonyl (C=O) groups excluding carboxylic acids is 1. The fourth-order valence-electron chi connectivity index (χ4n) is 3.99. The van der Waals surface area contributed by atoms with E-state index in [4.69, 9.17) is 16.0 Å². The summed E-state index contributed by atoms with van der Waals surface area (Å²) in [7, 11) is 0. The number of aryl methyl sites for hydroxylation is 2. The minimum atomic E-state index is -4.58. The zero-order valence-electron chi connectivity index (χ0n) is 17.3. The van der Waals surface area contributed by atoms with Crippen molar-refractivity contribution in [2.24, 2.45) is 0 Å². The van der Waals surface area contributed by atoms with Gasteiger partial charge in [-0.1, -0.05) is 17.7 Å². The molecule has 0 saturated carbocycles. The Morgan fingerprint density at radius 3 is 2.58 bits per heavy atom. The van der Waals surface area contributed by atoms with Crippen molar-refractivity contribution in [1.29, 1.82) is 0 Å². The van der Waals surface area contributed by atoms with E-state index in [1.807, 2.05) is 6.92 Å². The van der Waals surface area contributed by atoms with Crippen LogP contribution in [0.15, 0.2) is 59.2 Å². The predicted octanol–water partition coefficient (Wildman–Crippen LogP) is 6.46. The molecule has 0 atom stereocenters. The number of amides is 1. The van der Waals surface area contributed by atoms with Crippen LogP contribution >= 0.6 is 11.6 Å². The van der Waals surface area contributed by atoms with Gasteiger partial charge in [0.1, 0.15) is 5.76 Å². The molecule has 2 heterocycles. The van der Waals surface area contributed by atoms with Gasteiger partial charge in [-0.2, -0.15) is 18.3 Å². The van der Waals surface area contributed by atoms with Crippen molar-refractivity contribution in [3.05, 3.63) is 88.0 Å². The van der Waals surface area contributed by atoms with Crippen LogP contribution in [0.3, 0.4) is 0 Å². The summed E-state index contributed by atoms with van der Waals surface area (Å²) < 4.78 is 47.7. The third-order valence-corrected chi connectivity index (χ3v) is 6.07. The predicted molar refractivity (Wildman–Crippen MR) is 118 cm³/mol. The number of benzene rings is 2. The first kappa shape index (κ1) is 21.3. The molecule has 0 radical (unpaired) electrons. The Morgan fingerprint density at radius 1 is 1.12 bits per heavy atom. The number of fused-ring (bicyclic) bond motifs is 3. The lowest BCUT2D eigenvalue weighted by molar-refractivity contribution is -0.142. The lowest BCUT2D eigenvalue weighted by atomic mass is 9.94. The van der Waals surface area contributed by atoms with E-state index in [0.29, 0.717) is 45.4 Å². The smallest absolute Gasteiger partial charge is 0.435 e. The Labute approximate surface area is 191 Å². The summed E-state index contributed by atoms with van der Waals surface area (Å²) in [4.78, 5) is 12.6. The van der Waals surface area contributed by atoms with E-state index in [2.05, 4.69) is 10.4 Å². The third-order valence-electron chi connectivity index (χ3n) is 5.66. The first-order valence-corrected chi connectivity index (χ1v) is 10.5. The lowest BCUT2D eigenvalue weighted by Crippen LogP contribution is -2.12. The van der Waals surface area contributed by atoms with Crippen molar-refractivity contribution in [1.82, 2.24) is 9.78 Å². The van der Waals surface area contributed by atoms with Crippen LogP contribution in [0.1, 0.15) is 32.9 Å². The molecular formula is C24H17ClF3N3O2. The summed E-state index contributed by atoms with van der Waals surface area (Å²) in [5, 5.41) is 7.20. The normalized spacial score (nSPS) is 12.9. The molecule has 9 heteroatoms. The molecule has 168 valence electrons. The van der Waals surface area contributed by atoms with E-state index >= 15 is 0 Å². The molecule has 0 aliphatic heterocycles. The average molecular weight is 472 g/mol. The number of nitrogens with one attached hydrogen (secondary N) is 1. The number of hydrogen-bond acceptors (Lipinski definition) is 3.